The molecule has 0 saturated heterocycles. The Bertz CT molecular complexity index is 405. The fraction of sp³-hybridized carbons (Fsp3) is 0.952. The normalized spacial score (nSPS) is 25.9. The molecule has 0 heterocycles. The molecule has 0 aromatic carbocycles. The van der Waals surface area contributed by atoms with Crippen LogP contribution in [0.2, 0.25) is 0 Å². The maximum Gasteiger partial charge on any atom is 0.311 e. The standard InChI is InChI=1S/C21H40O5/c1-8-16(23-7)12-15-13-17(25-20(22)21(5,6)10-3)14-18(15)26-19(9-2)24-11-4/h15-19H,8-14H2,1-7H3. The molecule has 0 aromatic rings. The second-order valence-electron chi connectivity index (χ2n) is 7.97. The topological polar surface area (TPSA) is 54.0 Å². The second kappa shape index (κ2) is 11.3. The summed E-state index contributed by atoms with van der Waals surface area (Å²) >= 11 is 0. The molecule has 0 aliphatic heterocycles. The number of rotatable bonds is 12. The van der Waals surface area contributed by atoms with Crippen molar-refractivity contribution in [3.8, 4) is 0 Å². The molecule has 5 nitrogen and oxygen atoms in total. The predicted molar refractivity (Wildman–Crippen MR) is 103 cm³/mol. The highest BCUT2D eigenvalue weighted by Gasteiger charge is 2.41. The fourth-order valence-electron chi connectivity index (χ4n) is 3.40. The summed E-state index contributed by atoms with van der Waals surface area (Å²) in [6, 6.07) is 0. The summed E-state index contributed by atoms with van der Waals surface area (Å²) in [6.07, 6.45) is 5.00. The number of hydrogen-bond donors (Lipinski definition) is 0. The molecule has 0 N–H and O–H groups in total. The largest absolute Gasteiger partial charge is 0.462 e. The summed E-state index contributed by atoms with van der Waals surface area (Å²) in [5, 5.41) is 0. The maximum absolute atomic E-state index is 12.5. The Morgan fingerprint density at radius 3 is 2.31 bits per heavy atom. The lowest BCUT2D eigenvalue weighted by molar-refractivity contribution is -0.180. The van der Waals surface area contributed by atoms with E-state index in [2.05, 4.69) is 13.8 Å². The Kier molecular flexibility index (Phi) is 10.1. The van der Waals surface area contributed by atoms with Crippen molar-refractivity contribution in [1.82, 2.24) is 0 Å². The smallest absolute Gasteiger partial charge is 0.311 e. The van der Waals surface area contributed by atoms with E-state index in [0.717, 1.165) is 38.5 Å². The van der Waals surface area contributed by atoms with Crippen LogP contribution < -0.4 is 0 Å². The van der Waals surface area contributed by atoms with Crippen LogP contribution in [-0.4, -0.2) is 44.3 Å². The van der Waals surface area contributed by atoms with Gasteiger partial charge in [-0.2, -0.15) is 0 Å². The van der Waals surface area contributed by atoms with Gasteiger partial charge in [-0.15, -0.1) is 0 Å². The number of hydrogen-bond acceptors (Lipinski definition) is 5. The molecule has 0 amide bonds. The van der Waals surface area contributed by atoms with Gasteiger partial charge in [-0.3, -0.25) is 4.79 Å². The van der Waals surface area contributed by atoms with Crippen molar-refractivity contribution in [3.63, 3.8) is 0 Å². The summed E-state index contributed by atoms with van der Waals surface area (Å²) in [6.45, 7) is 12.7. The molecule has 1 aliphatic rings. The summed E-state index contributed by atoms with van der Waals surface area (Å²) in [4.78, 5) is 12.5. The minimum Gasteiger partial charge on any atom is -0.462 e. The van der Waals surface area contributed by atoms with Gasteiger partial charge in [0.2, 0.25) is 0 Å². The van der Waals surface area contributed by atoms with Gasteiger partial charge in [0, 0.05) is 20.1 Å². The van der Waals surface area contributed by atoms with Gasteiger partial charge < -0.3 is 18.9 Å². The first-order valence-electron chi connectivity index (χ1n) is 10.3. The molecule has 1 rings (SSSR count). The first kappa shape index (κ1) is 23.4. The van der Waals surface area contributed by atoms with E-state index in [9.17, 15) is 4.79 Å². The van der Waals surface area contributed by atoms with Gasteiger partial charge in [0.1, 0.15) is 6.10 Å². The third-order valence-electron chi connectivity index (χ3n) is 5.66. The molecule has 26 heavy (non-hydrogen) atoms. The van der Waals surface area contributed by atoms with E-state index in [1.807, 2.05) is 27.7 Å². The zero-order valence-electron chi connectivity index (χ0n) is 17.9. The average Bonchev–Trinajstić information content (AvgIpc) is 2.99. The van der Waals surface area contributed by atoms with E-state index >= 15 is 0 Å². The molecule has 1 saturated carbocycles. The number of carbonyl (C=O) groups excluding carboxylic acids is 1. The van der Waals surface area contributed by atoms with E-state index in [1.54, 1.807) is 7.11 Å². The zero-order valence-corrected chi connectivity index (χ0v) is 17.9. The molecule has 5 heteroatoms. The first-order valence-corrected chi connectivity index (χ1v) is 10.3. The molecule has 154 valence electrons. The molecule has 5 atom stereocenters. The van der Waals surface area contributed by atoms with Crippen LogP contribution in [0.1, 0.15) is 80.1 Å². The highest BCUT2D eigenvalue weighted by Crippen LogP contribution is 2.37. The number of methoxy groups -OCH3 is 1. The molecule has 0 bridgehead atoms. The van der Waals surface area contributed by atoms with Gasteiger partial charge >= 0.3 is 5.97 Å². The highest BCUT2D eigenvalue weighted by atomic mass is 16.7. The van der Waals surface area contributed by atoms with Crippen LogP contribution in [0.15, 0.2) is 0 Å². The molecule has 1 fully saturated rings. The van der Waals surface area contributed by atoms with Crippen LogP contribution in [0.5, 0.6) is 0 Å². The minimum absolute atomic E-state index is 0.0400. The van der Waals surface area contributed by atoms with Crippen LogP contribution in [0.4, 0.5) is 0 Å². The van der Waals surface area contributed by atoms with Crippen LogP contribution >= 0.6 is 0 Å². The molecule has 5 unspecified atom stereocenters. The quantitative estimate of drug-likeness (QED) is 0.366. The Morgan fingerprint density at radius 1 is 1.12 bits per heavy atom. The van der Waals surface area contributed by atoms with Crippen molar-refractivity contribution < 1.29 is 23.7 Å². The lowest BCUT2D eigenvalue weighted by Crippen LogP contribution is -2.30. The van der Waals surface area contributed by atoms with Gasteiger partial charge in [0.15, 0.2) is 6.29 Å². The first-order chi connectivity index (χ1) is 12.3. The Hall–Kier alpha value is -0.650. The van der Waals surface area contributed by atoms with Gasteiger partial charge in [-0.25, -0.2) is 0 Å². The SMILES string of the molecule is CCOC(CC)OC1CC(OC(=O)C(C)(C)CC)CC1CC(CC)OC. The number of ether oxygens (including phenoxy) is 4. The average molecular weight is 373 g/mol. The molecule has 0 spiro atoms. The van der Waals surface area contributed by atoms with Crippen molar-refractivity contribution in [2.45, 2.75) is 105 Å². The van der Waals surface area contributed by atoms with Crippen molar-refractivity contribution in [2.24, 2.45) is 11.3 Å². The summed E-state index contributed by atoms with van der Waals surface area (Å²) in [7, 11) is 1.76. The van der Waals surface area contributed by atoms with Crippen molar-refractivity contribution in [2.75, 3.05) is 13.7 Å². The Balaban J connectivity index is 2.78. The molecule has 0 radical (unpaired) electrons. The van der Waals surface area contributed by atoms with Crippen molar-refractivity contribution in [1.29, 1.82) is 0 Å². The van der Waals surface area contributed by atoms with Crippen LogP contribution in [-0.2, 0) is 23.7 Å². The molecular weight excluding hydrogens is 332 g/mol. The van der Waals surface area contributed by atoms with Crippen molar-refractivity contribution in [3.05, 3.63) is 0 Å². The lowest BCUT2D eigenvalue weighted by Gasteiger charge is -2.27. The summed E-state index contributed by atoms with van der Waals surface area (Å²) < 4.78 is 23.4. The number of esters is 1. The minimum atomic E-state index is -0.440. The van der Waals surface area contributed by atoms with E-state index in [4.69, 9.17) is 18.9 Å². The number of carbonyl (C=O) groups is 1. The van der Waals surface area contributed by atoms with E-state index in [-0.39, 0.29) is 30.6 Å². The molecule has 1 aliphatic carbocycles. The molecular formula is C21H40O5. The summed E-state index contributed by atoms with van der Waals surface area (Å²) in [5.74, 6) is 0.206. The second-order valence-corrected chi connectivity index (χ2v) is 7.97. The predicted octanol–water partition coefficient (Wildman–Crippen LogP) is 4.72. The van der Waals surface area contributed by atoms with Crippen LogP contribution in [0, 0.1) is 11.3 Å². The zero-order chi connectivity index (χ0) is 19.7. The van der Waals surface area contributed by atoms with E-state index < -0.39 is 5.41 Å². The third kappa shape index (κ3) is 6.82. The highest BCUT2D eigenvalue weighted by molar-refractivity contribution is 5.76. The van der Waals surface area contributed by atoms with Gasteiger partial charge in [0.05, 0.1) is 17.6 Å². The fourth-order valence-corrected chi connectivity index (χ4v) is 3.40. The Labute approximate surface area is 160 Å². The monoisotopic (exact) mass is 372 g/mol. The van der Waals surface area contributed by atoms with Crippen LogP contribution in [0.25, 0.3) is 0 Å². The van der Waals surface area contributed by atoms with Crippen molar-refractivity contribution >= 4 is 5.97 Å². The van der Waals surface area contributed by atoms with E-state index in [0.29, 0.717) is 12.5 Å². The maximum atomic E-state index is 12.5. The van der Waals surface area contributed by atoms with Gasteiger partial charge in [-0.05, 0) is 58.8 Å². The van der Waals surface area contributed by atoms with Gasteiger partial charge in [0.25, 0.3) is 0 Å². The molecule has 0 aromatic heterocycles. The van der Waals surface area contributed by atoms with Gasteiger partial charge in [-0.1, -0.05) is 20.8 Å². The Morgan fingerprint density at radius 2 is 1.81 bits per heavy atom. The lowest BCUT2D eigenvalue weighted by atomic mass is 9.90. The third-order valence-corrected chi connectivity index (χ3v) is 5.66. The van der Waals surface area contributed by atoms with Crippen LogP contribution in [0.3, 0.4) is 0 Å². The van der Waals surface area contributed by atoms with E-state index in [1.165, 1.54) is 0 Å². The summed E-state index contributed by atoms with van der Waals surface area (Å²) in [5.41, 5.74) is -0.440.